The molecule has 3 saturated heterocycles. The largest absolute Gasteiger partial charge is 0.483 e. The minimum atomic E-state index is -5.85. The lowest BCUT2D eigenvalue weighted by molar-refractivity contribution is -0.324. The first-order valence-corrected chi connectivity index (χ1v) is 53.6. The molecular formula is C90H157N2O41P5. The van der Waals surface area contributed by atoms with E-state index < -0.39 is 252 Å². The van der Waals surface area contributed by atoms with Gasteiger partial charge in [-0.25, -0.2) is 22.8 Å². The molecule has 3 fully saturated rings. The van der Waals surface area contributed by atoms with Crippen molar-refractivity contribution in [1.29, 1.82) is 0 Å². The number of hydrogen-bond donors (Lipinski definition) is 22. The first-order chi connectivity index (χ1) is 64.6. The number of hydrogen-bond acceptors (Lipinski definition) is 36. The molecule has 3 rings (SSSR count). The van der Waals surface area contributed by atoms with Crippen LogP contribution >= 0.6 is 39.1 Å². The Morgan fingerprint density at radius 2 is 0.659 bits per heavy atom. The summed E-state index contributed by atoms with van der Waals surface area (Å²) in [6.45, 7) is 15.9. The number of phosphoric acid groups is 5. The zero-order chi connectivity index (χ0) is 104. The molecule has 138 heavy (non-hydrogen) atoms. The highest BCUT2D eigenvalue weighted by Crippen LogP contribution is 2.62. The normalized spacial score (nSPS) is 27.2. The van der Waals surface area contributed by atoms with Crippen LogP contribution in [0.4, 0.5) is 0 Å². The summed E-state index contributed by atoms with van der Waals surface area (Å²) < 4.78 is 136. The molecule has 798 valence electrons. The maximum atomic E-state index is 13.4. The maximum absolute atomic E-state index is 13.4. The number of carbonyl (C=O) groups is 2. The molecule has 0 saturated carbocycles. The lowest BCUT2D eigenvalue weighted by Crippen LogP contribution is -2.69. The van der Waals surface area contributed by atoms with E-state index in [9.17, 15) is 133 Å². The van der Waals surface area contributed by atoms with Gasteiger partial charge in [-0.05, 0) is 212 Å². The van der Waals surface area contributed by atoms with Crippen molar-refractivity contribution in [2.24, 2.45) is 0 Å². The average molecular weight is 2080 g/mol. The molecule has 0 aliphatic carbocycles. The van der Waals surface area contributed by atoms with E-state index in [1.807, 2.05) is 6.92 Å². The molecule has 2 amide bonds. The van der Waals surface area contributed by atoms with E-state index in [4.69, 9.17) is 46.3 Å². The molecule has 0 aromatic carbocycles. The number of aliphatic hydroxyl groups is 15. The van der Waals surface area contributed by atoms with Gasteiger partial charge < -0.3 is 135 Å². The zero-order valence-electron chi connectivity index (χ0n) is 81.5. The van der Waals surface area contributed by atoms with Crippen molar-refractivity contribution in [2.75, 3.05) is 66.1 Å². The van der Waals surface area contributed by atoms with Gasteiger partial charge in [0.15, 0.2) is 18.9 Å². The molecule has 0 aromatic rings. The van der Waals surface area contributed by atoms with Crippen LogP contribution < -0.4 is 10.6 Å². The Labute approximate surface area is 809 Å². The minimum absolute atomic E-state index is 0.515. The van der Waals surface area contributed by atoms with Crippen LogP contribution in [0.25, 0.3) is 0 Å². The molecule has 0 aromatic heterocycles. The van der Waals surface area contributed by atoms with Crippen molar-refractivity contribution in [3.05, 3.63) is 128 Å². The number of rotatable bonds is 68. The topological polar surface area (TPSA) is 677 Å². The third-order valence-corrected chi connectivity index (χ3v) is 28.0. The number of amides is 2. The Morgan fingerprint density at radius 1 is 0.333 bits per heavy atom. The van der Waals surface area contributed by atoms with Crippen molar-refractivity contribution in [2.45, 2.75) is 360 Å². The molecule has 22 N–H and O–H groups in total. The number of phosphoric ester groups is 5. The third-order valence-electron chi connectivity index (χ3n) is 22.5. The van der Waals surface area contributed by atoms with Crippen LogP contribution in [0.15, 0.2) is 128 Å². The predicted molar refractivity (Wildman–Crippen MR) is 507 cm³/mol. The van der Waals surface area contributed by atoms with Crippen LogP contribution in [0.2, 0.25) is 0 Å². The monoisotopic (exact) mass is 2080 g/mol. The van der Waals surface area contributed by atoms with Crippen molar-refractivity contribution >= 4 is 50.9 Å². The average Bonchev–Trinajstić information content (AvgIpc) is 0.766. The maximum Gasteiger partial charge on any atom is 0.483 e. The number of nitrogens with one attached hydrogen (secondary N) is 2. The summed E-state index contributed by atoms with van der Waals surface area (Å²) in [6, 6.07) is -3.99. The highest BCUT2D eigenvalue weighted by molar-refractivity contribution is 7.61. The van der Waals surface area contributed by atoms with Gasteiger partial charge in [0.2, 0.25) is 11.8 Å². The summed E-state index contributed by atoms with van der Waals surface area (Å²) in [5, 5.41) is 160. The Balaban J connectivity index is 1.45. The van der Waals surface area contributed by atoms with Crippen LogP contribution in [0.1, 0.15) is 225 Å². The van der Waals surface area contributed by atoms with Crippen molar-refractivity contribution in [3.63, 3.8) is 0 Å². The van der Waals surface area contributed by atoms with Gasteiger partial charge in [0.05, 0.1) is 66.1 Å². The van der Waals surface area contributed by atoms with Crippen LogP contribution in [0.5, 0.6) is 0 Å². The van der Waals surface area contributed by atoms with E-state index in [-0.39, 0.29) is 0 Å². The van der Waals surface area contributed by atoms with Crippen LogP contribution in [-0.2, 0) is 96.6 Å². The number of allylic oxidation sites excluding steroid dienone is 21. The van der Waals surface area contributed by atoms with Gasteiger partial charge in [0.1, 0.15) is 116 Å². The zero-order valence-corrected chi connectivity index (χ0v) is 86.0. The Kier molecular flexibility index (Phi) is 60.7. The van der Waals surface area contributed by atoms with E-state index in [2.05, 4.69) is 159 Å². The summed E-state index contributed by atoms with van der Waals surface area (Å²) in [6.07, 6.45) is 2.46. The SMILES string of the molecule is CC(=O)N[C@H]1[C@@H](OP(=O)(O)OP(=O)(O)OC/C=C(/C)CC/C=C(/C)CC/C=C(/C)CC/C=C(/C)CC/C=C(/C)CC/C=C(/C)CC/C=C(/C)CC/C=C(/C)CC/C=C(\C)CC/C=C(\C)CCC=C(C)C)O[C@H](CO)[C@@H](O[C@@H]2O[C@H](CO)[C@@H](OP(=O)(O)OC[C@H](O)COP(=O)(O)OC[C@H](O)[C@H](O)[C@H](O)COP(=O)(O)OC[C@H](O[C@@H]3O[C@H](CO)[C@@H](O)[C@H](O)[C@H]3O)[C@H](O)[C@H](O)CO)[C@H](O)[C@H]2NC(C)=O)[C@@H]1O. The van der Waals surface area contributed by atoms with E-state index in [0.29, 0.717) is 12.8 Å². The molecule has 43 nitrogen and oxygen atoms in total. The molecule has 27 atom stereocenters. The lowest BCUT2D eigenvalue weighted by atomic mass is 9.94. The van der Waals surface area contributed by atoms with Crippen molar-refractivity contribution < 1.29 is 198 Å². The molecule has 5 unspecified atom stereocenters. The van der Waals surface area contributed by atoms with E-state index in [1.54, 1.807) is 6.92 Å². The van der Waals surface area contributed by atoms with Gasteiger partial charge in [-0.3, -0.25) is 45.8 Å². The van der Waals surface area contributed by atoms with Gasteiger partial charge in [-0.1, -0.05) is 128 Å². The van der Waals surface area contributed by atoms with Crippen molar-refractivity contribution in [3.8, 4) is 0 Å². The van der Waals surface area contributed by atoms with Gasteiger partial charge >= 0.3 is 39.1 Å². The standard InChI is InChI=1S/C90H157N2O41P5/c1-56(2)25-15-26-57(3)27-16-28-58(4)29-17-30-59(5)31-18-32-60(6)33-19-34-61(7)35-20-36-62(8)37-21-38-63(9)39-22-40-64(10)41-23-42-65(11)43-24-44-66(12)45-46-120-137(116,117)133-138(118,119)132-89-78(92-68(14)98)82(106)86(74(49-95)128-89)130-88-77(91-67(13)97)83(107)87(75(50-96)127-88)131-136(114,115)122-52-69(99)51-121-134(110,111)123-53-71(101)79(103)72(102)54-124-135(112,113)125-55-76(80(104)70(100)47-93)129-90-85(109)84(108)81(105)73(48-94)126-90/h25,27,29,31,33,35,37,39,41,43,45,69-90,93-96,99-109H,15-24,26,28,30,32,34,36,38,40,42,44,46-55H2,1-14H3,(H,91,97)(H,92,98)(H,110,111)(H,112,113)(H,114,115)(H,116,117)(H,118,119)/b57-27+,58-29+,59-31-,60-33-,61-35-,62-37-,63-39-,64-41-,65-43-,66-45-/t69-,70-,71+,72-,73-,74-,75-,76+,77-,78-,79+,80-,81-,82-,83-,84+,85-,86-,87-,88+,89-,90+/m1/s1. The van der Waals surface area contributed by atoms with Gasteiger partial charge in [0.25, 0.3) is 0 Å². The molecule has 0 bridgehead atoms. The fourth-order valence-electron chi connectivity index (χ4n) is 14.2. The third kappa shape index (κ3) is 51.8. The number of carbonyl (C=O) groups excluding carboxylic acids is 2. The molecule has 3 heterocycles. The van der Waals surface area contributed by atoms with Crippen LogP contribution in [-0.4, -0.2) is 314 Å². The molecule has 3 aliphatic heterocycles. The highest BCUT2D eigenvalue weighted by atomic mass is 31.3. The molecule has 48 heteroatoms. The summed E-state index contributed by atoms with van der Waals surface area (Å²) in [5.41, 5.74) is 14.7. The van der Waals surface area contributed by atoms with E-state index in [0.717, 1.165) is 141 Å². The number of ether oxygens (including phenoxy) is 5. The minimum Gasteiger partial charge on any atom is -0.394 e. The summed E-state index contributed by atoms with van der Waals surface area (Å²) in [5.74, 6) is -1.94. The van der Waals surface area contributed by atoms with Crippen LogP contribution in [0.3, 0.4) is 0 Å². The Bertz CT molecular complexity index is 4260. The molecule has 0 radical (unpaired) electrons. The summed E-state index contributed by atoms with van der Waals surface area (Å²) in [4.78, 5) is 77.7. The second kappa shape index (κ2) is 65.5. The number of aliphatic hydroxyl groups excluding tert-OH is 15. The first kappa shape index (κ1) is 128. The van der Waals surface area contributed by atoms with E-state index >= 15 is 0 Å². The summed E-state index contributed by atoms with van der Waals surface area (Å²) in [7, 11) is -27.8. The van der Waals surface area contributed by atoms with E-state index in [1.165, 1.54) is 56.2 Å². The molecular weight excluding hydrogens is 1920 g/mol. The molecule has 3 aliphatic rings. The van der Waals surface area contributed by atoms with Gasteiger partial charge in [-0.15, -0.1) is 0 Å². The fourth-order valence-corrected chi connectivity index (χ4v) is 18.8. The van der Waals surface area contributed by atoms with Gasteiger partial charge in [-0.2, -0.15) is 4.31 Å². The fraction of sp³-hybridized carbons (Fsp3) is 0.733. The quantitative estimate of drug-likeness (QED) is 0.0202. The second-order valence-electron chi connectivity index (χ2n) is 35.4. The molecule has 0 spiro atoms. The lowest BCUT2D eigenvalue weighted by Gasteiger charge is -2.48. The Hall–Kier alpha value is -4.13. The first-order valence-electron chi connectivity index (χ1n) is 46.1. The smallest absolute Gasteiger partial charge is 0.394 e. The van der Waals surface area contributed by atoms with Gasteiger partial charge in [0, 0.05) is 13.8 Å². The Morgan fingerprint density at radius 3 is 1.03 bits per heavy atom. The second-order valence-corrected chi connectivity index (χ2v) is 42.7. The summed E-state index contributed by atoms with van der Waals surface area (Å²) >= 11 is 0. The van der Waals surface area contributed by atoms with Crippen LogP contribution in [0, 0.1) is 0 Å². The highest BCUT2D eigenvalue weighted by Gasteiger charge is 2.56. The van der Waals surface area contributed by atoms with Crippen molar-refractivity contribution in [1.82, 2.24) is 10.6 Å². The predicted octanol–water partition coefficient (Wildman–Crippen LogP) is 8.13.